The SMILES string of the molecule is Cn1c(CNCC(=O)N2CCCCC2)nc2ccccc21. The maximum atomic E-state index is 12.1. The number of carbonyl (C=O) groups excluding carboxylic acids is 1. The number of rotatable bonds is 4. The van der Waals surface area contributed by atoms with E-state index in [4.69, 9.17) is 0 Å². The number of fused-ring (bicyclic) bond motifs is 1. The van der Waals surface area contributed by atoms with Crippen LogP contribution < -0.4 is 5.32 Å². The fraction of sp³-hybridized carbons (Fsp3) is 0.500. The summed E-state index contributed by atoms with van der Waals surface area (Å²) in [5, 5.41) is 3.23. The zero-order valence-electron chi connectivity index (χ0n) is 12.5. The first-order valence-electron chi connectivity index (χ1n) is 7.64. The Hall–Kier alpha value is -1.88. The van der Waals surface area contributed by atoms with Crippen LogP contribution in [0.5, 0.6) is 0 Å². The zero-order chi connectivity index (χ0) is 14.7. The topological polar surface area (TPSA) is 50.2 Å². The summed E-state index contributed by atoms with van der Waals surface area (Å²) in [7, 11) is 2.01. The maximum Gasteiger partial charge on any atom is 0.236 e. The second-order valence-corrected chi connectivity index (χ2v) is 5.62. The summed E-state index contributed by atoms with van der Waals surface area (Å²) in [5.41, 5.74) is 2.12. The normalized spacial score (nSPS) is 15.6. The van der Waals surface area contributed by atoms with E-state index in [1.165, 1.54) is 6.42 Å². The highest BCUT2D eigenvalue weighted by molar-refractivity contribution is 5.78. The van der Waals surface area contributed by atoms with Crippen LogP contribution in [0.4, 0.5) is 0 Å². The predicted molar refractivity (Wildman–Crippen MR) is 82.9 cm³/mol. The number of aromatic nitrogens is 2. The van der Waals surface area contributed by atoms with Crippen molar-refractivity contribution in [2.75, 3.05) is 19.6 Å². The molecule has 0 aliphatic carbocycles. The molecule has 0 radical (unpaired) electrons. The van der Waals surface area contributed by atoms with E-state index >= 15 is 0 Å². The molecule has 1 N–H and O–H groups in total. The maximum absolute atomic E-state index is 12.1. The summed E-state index contributed by atoms with van der Waals surface area (Å²) in [6.07, 6.45) is 3.52. The molecule has 5 heteroatoms. The molecule has 0 spiro atoms. The first kappa shape index (κ1) is 14.1. The Kier molecular flexibility index (Phi) is 4.20. The van der Waals surface area contributed by atoms with Gasteiger partial charge >= 0.3 is 0 Å². The Balaban J connectivity index is 1.56. The number of benzene rings is 1. The molecule has 0 bridgehead atoms. The van der Waals surface area contributed by atoms with E-state index in [0.29, 0.717) is 13.1 Å². The lowest BCUT2D eigenvalue weighted by Crippen LogP contribution is -2.41. The fourth-order valence-electron chi connectivity index (χ4n) is 2.89. The minimum atomic E-state index is 0.202. The third kappa shape index (κ3) is 3.08. The van der Waals surface area contributed by atoms with Gasteiger partial charge in [0.15, 0.2) is 0 Å². The third-order valence-corrected chi connectivity index (χ3v) is 4.15. The van der Waals surface area contributed by atoms with Crippen LogP contribution in [-0.4, -0.2) is 40.0 Å². The van der Waals surface area contributed by atoms with Crippen LogP contribution in [0.15, 0.2) is 24.3 Å². The number of amides is 1. The molecule has 1 aromatic carbocycles. The van der Waals surface area contributed by atoms with E-state index < -0.39 is 0 Å². The van der Waals surface area contributed by atoms with E-state index in [-0.39, 0.29) is 5.91 Å². The van der Waals surface area contributed by atoms with Gasteiger partial charge in [0, 0.05) is 20.1 Å². The van der Waals surface area contributed by atoms with Gasteiger partial charge in [-0.05, 0) is 31.4 Å². The van der Waals surface area contributed by atoms with E-state index in [0.717, 1.165) is 42.8 Å². The second kappa shape index (κ2) is 6.26. The number of likely N-dealkylation sites (tertiary alicyclic amines) is 1. The van der Waals surface area contributed by atoms with Gasteiger partial charge in [0.2, 0.25) is 5.91 Å². The standard InChI is InChI=1S/C16H22N4O/c1-19-14-8-4-3-7-13(14)18-15(19)11-17-12-16(21)20-9-5-2-6-10-20/h3-4,7-8,17H,2,5-6,9-12H2,1H3. The summed E-state index contributed by atoms with van der Waals surface area (Å²) >= 11 is 0. The second-order valence-electron chi connectivity index (χ2n) is 5.62. The van der Waals surface area contributed by atoms with Crippen LogP contribution in [0.1, 0.15) is 25.1 Å². The summed E-state index contributed by atoms with van der Waals surface area (Å²) in [6.45, 7) is 2.83. The highest BCUT2D eigenvalue weighted by Gasteiger charge is 2.16. The number of carbonyl (C=O) groups is 1. The van der Waals surface area contributed by atoms with Gasteiger partial charge in [-0.2, -0.15) is 0 Å². The summed E-state index contributed by atoms with van der Waals surface area (Å²) < 4.78 is 2.08. The molecule has 1 aliphatic heterocycles. The minimum Gasteiger partial charge on any atom is -0.342 e. The quantitative estimate of drug-likeness (QED) is 0.930. The Labute approximate surface area is 125 Å². The van der Waals surface area contributed by atoms with E-state index in [9.17, 15) is 4.79 Å². The number of imidazole rings is 1. The van der Waals surface area contributed by atoms with Crippen LogP contribution in [0.2, 0.25) is 0 Å². The lowest BCUT2D eigenvalue weighted by molar-refractivity contribution is -0.131. The number of hydrogen-bond donors (Lipinski definition) is 1. The lowest BCUT2D eigenvalue weighted by atomic mass is 10.1. The van der Waals surface area contributed by atoms with Crippen molar-refractivity contribution < 1.29 is 4.79 Å². The zero-order valence-corrected chi connectivity index (χ0v) is 12.5. The van der Waals surface area contributed by atoms with Gasteiger partial charge in [-0.25, -0.2) is 4.98 Å². The molecule has 5 nitrogen and oxygen atoms in total. The van der Waals surface area contributed by atoms with Crippen molar-refractivity contribution in [3.05, 3.63) is 30.1 Å². The molecule has 0 unspecified atom stereocenters. The number of aryl methyl sites for hydroxylation is 1. The highest BCUT2D eigenvalue weighted by Crippen LogP contribution is 2.14. The predicted octanol–water partition coefficient (Wildman–Crippen LogP) is 1.68. The highest BCUT2D eigenvalue weighted by atomic mass is 16.2. The number of piperidine rings is 1. The van der Waals surface area contributed by atoms with Crippen LogP contribution in [-0.2, 0) is 18.4 Å². The molecule has 1 amide bonds. The molecule has 1 aliphatic rings. The first-order valence-corrected chi connectivity index (χ1v) is 7.64. The molecule has 0 saturated carbocycles. The van der Waals surface area contributed by atoms with E-state index in [1.54, 1.807) is 0 Å². The average Bonchev–Trinajstić information content (AvgIpc) is 2.85. The van der Waals surface area contributed by atoms with Crippen LogP contribution >= 0.6 is 0 Å². The molecule has 112 valence electrons. The summed E-state index contributed by atoms with van der Waals surface area (Å²) in [6, 6.07) is 8.08. The van der Waals surface area contributed by atoms with Gasteiger partial charge in [-0.3, -0.25) is 4.79 Å². The number of nitrogens with one attached hydrogen (secondary N) is 1. The minimum absolute atomic E-state index is 0.202. The number of para-hydroxylation sites is 2. The van der Waals surface area contributed by atoms with Gasteiger partial charge in [-0.15, -0.1) is 0 Å². The average molecular weight is 286 g/mol. The molecule has 1 saturated heterocycles. The van der Waals surface area contributed by atoms with Gasteiger partial charge in [0.25, 0.3) is 0 Å². The van der Waals surface area contributed by atoms with Crippen molar-refractivity contribution in [3.8, 4) is 0 Å². The molecule has 3 rings (SSSR count). The molecule has 2 heterocycles. The fourth-order valence-corrected chi connectivity index (χ4v) is 2.89. The van der Waals surface area contributed by atoms with Gasteiger partial charge in [-0.1, -0.05) is 12.1 Å². The van der Waals surface area contributed by atoms with Gasteiger partial charge < -0.3 is 14.8 Å². The summed E-state index contributed by atoms with van der Waals surface area (Å²) in [5.74, 6) is 1.16. The summed E-state index contributed by atoms with van der Waals surface area (Å²) in [4.78, 5) is 18.6. The van der Waals surface area contributed by atoms with Gasteiger partial charge in [0.05, 0.1) is 24.1 Å². The first-order chi connectivity index (χ1) is 10.3. The molecular weight excluding hydrogens is 264 g/mol. The smallest absolute Gasteiger partial charge is 0.236 e. The molecule has 2 aromatic rings. The molecule has 1 fully saturated rings. The number of hydrogen-bond acceptors (Lipinski definition) is 3. The third-order valence-electron chi connectivity index (χ3n) is 4.15. The van der Waals surface area contributed by atoms with Crippen molar-refractivity contribution in [3.63, 3.8) is 0 Å². The largest absolute Gasteiger partial charge is 0.342 e. The molecular formula is C16H22N4O. The Bertz CT molecular complexity index is 628. The number of nitrogens with zero attached hydrogens (tertiary/aromatic N) is 3. The van der Waals surface area contributed by atoms with Gasteiger partial charge in [0.1, 0.15) is 5.82 Å². The van der Waals surface area contributed by atoms with Crippen molar-refractivity contribution in [1.29, 1.82) is 0 Å². The van der Waals surface area contributed by atoms with Crippen molar-refractivity contribution in [2.24, 2.45) is 7.05 Å². The Morgan fingerprint density at radius 1 is 1.24 bits per heavy atom. The van der Waals surface area contributed by atoms with Crippen molar-refractivity contribution in [2.45, 2.75) is 25.8 Å². The monoisotopic (exact) mass is 286 g/mol. The van der Waals surface area contributed by atoms with Crippen LogP contribution in [0.3, 0.4) is 0 Å². The molecule has 0 atom stereocenters. The van der Waals surface area contributed by atoms with Crippen molar-refractivity contribution >= 4 is 16.9 Å². The Morgan fingerprint density at radius 2 is 2.00 bits per heavy atom. The molecule has 1 aromatic heterocycles. The van der Waals surface area contributed by atoms with Crippen LogP contribution in [0.25, 0.3) is 11.0 Å². The lowest BCUT2D eigenvalue weighted by Gasteiger charge is -2.26. The van der Waals surface area contributed by atoms with E-state index in [1.807, 2.05) is 30.1 Å². The Morgan fingerprint density at radius 3 is 2.76 bits per heavy atom. The van der Waals surface area contributed by atoms with Crippen molar-refractivity contribution in [1.82, 2.24) is 19.8 Å². The molecule has 21 heavy (non-hydrogen) atoms. The van der Waals surface area contributed by atoms with Crippen LogP contribution in [0, 0.1) is 0 Å². The van der Waals surface area contributed by atoms with E-state index in [2.05, 4.69) is 20.9 Å².